The zero-order valence-corrected chi connectivity index (χ0v) is 13.7. The highest BCUT2D eigenvalue weighted by Gasteiger charge is 2.28. The van der Waals surface area contributed by atoms with Crippen molar-refractivity contribution in [3.63, 3.8) is 0 Å². The lowest BCUT2D eigenvalue weighted by Gasteiger charge is -2.29. The summed E-state index contributed by atoms with van der Waals surface area (Å²) in [5.74, 6) is -0.464. The molecule has 0 saturated carbocycles. The molecule has 1 aliphatic heterocycles. The first kappa shape index (κ1) is 17.3. The Labute approximate surface area is 136 Å². The second-order valence-corrected chi connectivity index (χ2v) is 5.86. The topological polar surface area (TPSA) is 67.9 Å². The lowest BCUT2D eigenvalue weighted by molar-refractivity contribution is -0.148. The molecule has 1 heterocycles. The van der Waals surface area contributed by atoms with E-state index in [1.807, 2.05) is 44.2 Å². The number of benzene rings is 1. The molecule has 1 fully saturated rings. The summed E-state index contributed by atoms with van der Waals surface area (Å²) in [4.78, 5) is 26.2. The first-order chi connectivity index (χ1) is 11.1. The maximum absolute atomic E-state index is 12.3. The van der Waals surface area contributed by atoms with Crippen molar-refractivity contribution in [1.29, 1.82) is 0 Å². The number of ether oxygens (including phenoxy) is 2. The Bertz CT molecular complexity index is 513. The lowest BCUT2D eigenvalue weighted by atomic mass is 10.0. The molecule has 0 aliphatic carbocycles. The molecule has 2 rings (SSSR count). The molecule has 0 spiro atoms. The minimum absolute atomic E-state index is 0.0525. The fourth-order valence-corrected chi connectivity index (χ4v) is 2.31. The molecule has 1 N–H and O–H groups in total. The standard InChI is InChI=1S/C17H24N2O4/c1-13(2)15(18-17(21)19-8-10-22-11-9-19)16(20)23-12-14-6-4-3-5-7-14/h3-7,13,15H,8-12H2,1-2H3,(H,18,21)/t15-/m0/s1. The van der Waals surface area contributed by atoms with Crippen LogP contribution in [0.2, 0.25) is 0 Å². The normalized spacial score (nSPS) is 16.0. The second kappa shape index (κ2) is 8.53. The van der Waals surface area contributed by atoms with E-state index in [2.05, 4.69) is 5.32 Å². The van der Waals surface area contributed by atoms with E-state index in [4.69, 9.17) is 9.47 Å². The first-order valence-electron chi connectivity index (χ1n) is 7.91. The highest BCUT2D eigenvalue weighted by Crippen LogP contribution is 2.08. The Morgan fingerprint density at radius 2 is 1.87 bits per heavy atom. The molecule has 6 nitrogen and oxygen atoms in total. The Morgan fingerprint density at radius 3 is 2.48 bits per heavy atom. The summed E-state index contributed by atoms with van der Waals surface area (Å²) in [6.45, 7) is 6.10. The Morgan fingerprint density at radius 1 is 1.22 bits per heavy atom. The molecule has 1 aromatic carbocycles. The van der Waals surface area contributed by atoms with Gasteiger partial charge < -0.3 is 19.7 Å². The van der Waals surface area contributed by atoms with Crippen molar-refractivity contribution < 1.29 is 19.1 Å². The third-order valence-electron chi connectivity index (χ3n) is 3.72. The van der Waals surface area contributed by atoms with E-state index in [0.29, 0.717) is 26.3 Å². The zero-order valence-electron chi connectivity index (χ0n) is 13.7. The third kappa shape index (κ3) is 5.25. The van der Waals surface area contributed by atoms with Gasteiger partial charge in [-0.1, -0.05) is 44.2 Å². The minimum atomic E-state index is -0.658. The van der Waals surface area contributed by atoms with Crippen molar-refractivity contribution >= 4 is 12.0 Å². The SMILES string of the molecule is CC(C)[C@H](NC(=O)N1CCOCC1)C(=O)OCc1ccccc1. The molecule has 1 saturated heterocycles. The Balaban J connectivity index is 1.89. The zero-order chi connectivity index (χ0) is 16.7. The van der Waals surface area contributed by atoms with Gasteiger partial charge in [0.15, 0.2) is 0 Å². The van der Waals surface area contributed by atoms with Crippen LogP contribution in [0.15, 0.2) is 30.3 Å². The van der Waals surface area contributed by atoms with Gasteiger partial charge in [0.25, 0.3) is 0 Å². The molecule has 0 unspecified atom stereocenters. The number of esters is 1. The first-order valence-corrected chi connectivity index (χ1v) is 7.91. The molecule has 23 heavy (non-hydrogen) atoms. The number of hydrogen-bond acceptors (Lipinski definition) is 4. The van der Waals surface area contributed by atoms with Gasteiger partial charge in [0.1, 0.15) is 12.6 Å². The number of nitrogens with one attached hydrogen (secondary N) is 1. The van der Waals surface area contributed by atoms with Crippen LogP contribution in [0.25, 0.3) is 0 Å². The average Bonchev–Trinajstić information content (AvgIpc) is 2.58. The lowest BCUT2D eigenvalue weighted by Crippen LogP contribution is -2.53. The quantitative estimate of drug-likeness (QED) is 0.840. The number of rotatable bonds is 5. The summed E-state index contributed by atoms with van der Waals surface area (Å²) in [7, 11) is 0. The second-order valence-electron chi connectivity index (χ2n) is 5.86. The van der Waals surface area contributed by atoms with Crippen molar-refractivity contribution in [3.8, 4) is 0 Å². The number of carbonyl (C=O) groups excluding carboxylic acids is 2. The predicted molar refractivity (Wildman–Crippen MR) is 85.8 cm³/mol. The van der Waals surface area contributed by atoms with Crippen LogP contribution >= 0.6 is 0 Å². The summed E-state index contributed by atoms with van der Waals surface area (Å²) in [6, 6.07) is 8.57. The van der Waals surface area contributed by atoms with Crippen molar-refractivity contribution in [2.75, 3.05) is 26.3 Å². The van der Waals surface area contributed by atoms with Crippen LogP contribution in [0.3, 0.4) is 0 Å². The molecule has 2 amide bonds. The van der Waals surface area contributed by atoms with E-state index in [9.17, 15) is 9.59 Å². The van der Waals surface area contributed by atoms with E-state index in [-0.39, 0.29) is 18.6 Å². The van der Waals surface area contributed by atoms with E-state index in [0.717, 1.165) is 5.56 Å². The van der Waals surface area contributed by atoms with Crippen molar-refractivity contribution in [1.82, 2.24) is 10.2 Å². The monoisotopic (exact) mass is 320 g/mol. The van der Waals surface area contributed by atoms with Crippen LogP contribution in [0.4, 0.5) is 4.79 Å². The molecule has 126 valence electrons. The highest BCUT2D eigenvalue weighted by atomic mass is 16.5. The molecule has 0 bridgehead atoms. The van der Waals surface area contributed by atoms with Crippen molar-refractivity contribution in [2.24, 2.45) is 5.92 Å². The van der Waals surface area contributed by atoms with E-state index in [1.54, 1.807) is 4.90 Å². The van der Waals surface area contributed by atoms with Crippen LogP contribution in [0.5, 0.6) is 0 Å². The number of morpholine rings is 1. The highest BCUT2D eigenvalue weighted by molar-refractivity contribution is 5.83. The third-order valence-corrected chi connectivity index (χ3v) is 3.72. The van der Waals surface area contributed by atoms with Gasteiger partial charge in [-0.25, -0.2) is 9.59 Å². The Hall–Kier alpha value is -2.08. The summed E-state index contributed by atoms with van der Waals surface area (Å²) in [5.41, 5.74) is 0.919. The van der Waals surface area contributed by atoms with Crippen molar-refractivity contribution in [2.45, 2.75) is 26.5 Å². The number of urea groups is 1. The number of carbonyl (C=O) groups is 2. The average molecular weight is 320 g/mol. The molecule has 0 aromatic heterocycles. The Kier molecular flexibility index (Phi) is 6.40. The van der Waals surface area contributed by atoms with Crippen LogP contribution in [-0.4, -0.2) is 49.2 Å². The summed E-state index contributed by atoms with van der Waals surface area (Å²) < 4.78 is 10.6. The van der Waals surface area contributed by atoms with E-state index >= 15 is 0 Å². The predicted octanol–water partition coefficient (Wildman–Crippen LogP) is 1.80. The molecule has 0 radical (unpaired) electrons. The van der Waals surface area contributed by atoms with Gasteiger partial charge in [-0.3, -0.25) is 0 Å². The molecular weight excluding hydrogens is 296 g/mol. The van der Waals surface area contributed by atoms with Crippen LogP contribution in [-0.2, 0) is 20.9 Å². The molecule has 1 atom stereocenters. The van der Waals surface area contributed by atoms with E-state index < -0.39 is 12.0 Å². The van der Waals surface area contributed by atoms with Gasteiger partial charge in [-0.2, -0.15) is 0 Å². The van der Waals surface area contributed by atoms with Crippen molar-refractivity contribution in [3.05, 3.63) is 35.9 Å². The fraction of sp³-hybridized carbons (Fsp3) is 0.529. The minimum Gasteiger partial charge on any atom is -0.459 e. The van der Waals surface area contributed by atoms with Gasteiger partial charge in [0, 0.05) is 13.1 Å². The molecular formula is C17H24N2O4. The van der Waals surface area contributed by atoms with E-state index in [1.165, 1.54) is 0 Å². The van der Waals surface area contributed by atoms with Gasteiger partial charge >= 0.3 is 12.0 Å². The summed E-state index contributed by atoms with van der Waals surface area (Å²) in [6.07, 6.45) is 0. The maximum atomic E-state index is 12.3. The van der Waals surface area contributed by atoms with Crippen LogP contribution < -0.4 is 5.32 Å². The number of hydrogen-bond donors (Lipinski definition) is 1. The molecule has 6 heteroatoms. The molecule has 1 aliphatic rings. The fourth-order valence-electron chi connectivity index (χ4n) is 2.31. The smallest absolute Gasteiger partial charge is 0.329 e. The van der Waals surface area contributed by atoms with Crippen LogP contribution in [0, 0.1) is 5.92 Å². The summed E-state index contributed by atoms with van der Waals surface area (Å²) in [5, 5.41) is 2.78. The molecule has 1 aromatic rings. The van der Waals surface area contributed by atoms with Gasteiger partial charge in [0.05, 0.1) is 13.2 Å². The number of nitrogens with zero attached hydrogens (tertiary/aromatic N) is 1. The largest absolute Gasteiger partial charge is 0.459 e. The summed E-state index contributed by atoms with van der Waals surface area (Å²) >= 11 is 0. The number of amides is 2. The van der Waals surface area contributed by atoms with Gasteiger partial charge in [0.2, 0.25) is 0 Å². The van der Waals surface area contributed by atoms with Gasteiger partial charge in [-0.05, 0) is 11.5 Å². The maximum Gasteiger partial charge on any atom is 0.329 e. The van der Waals surface area contributed by atoms with Gasteiger partial charge in [-0.15, -0.1) is 0 Å². The van der Waals surface area contributed by atoms with Crippen LogP contribution in [0.1, 0.15) is 19.4 Å².